The fourth-order valence-electron chi connectivity index (χ4n) is 1.83. The van der Waals surface area contributed by atoms with Crippen LogP contribution in [0.1, 0.15) is 11.1 Å². The Morgan fingerprint density at radius 3 is 2.86 bits per heavy atom. The summed E-state index contributed by atoms with van der Waals surface area (Å²) in [5, 5.41) is 3.35. The Kier molecular flexibility index (Phi) is 3.11. The molecule has 1 aliphatic heterocycles. The molecule has 0 saturated carbocycles. The van der Waals surface area contributed by atoms with Gasteiger partial charge in [0.25, 0.3) is 0 Å². The average Bonchev–Trinajstić information content (AvgIpc) is 2.19. The molecule has 0 radical (unpaired) electrons. The Labute approximate surface area is 85.1 Å². The lowest BCUT2D eigenvalue weighted by molar-refractivity contribution is 0.233. The maximum Gasteiger partial charge on any atom is 0.0313 e. The molecule has 76 valence electrons. The Morgan fingerprint density at radius 1 is 1.36 bits per heavy atom. The van der Waals surface area contributed by atoms with Crippen molar-refractivity contribution >= 4 is 0 Å². The van der Waals surface area contributed by atoms with E-state index in [0.29, 0.717) is 0 Å². The summed E-state index contributed by atoms with van der Waals surface area (Å²) in [6.45, 7) is 7.64. The number of hydrogen-bond acceptors (Lipinski definition) is 3. The van der Waals surface area contributed by atoms with E-state index in [1.807, 2.05) is 12.4 Å². The minimum Gasteiger partial charge on any atom is -0.314 e. The summed E-state index contributed by atoms with van der Waals surface area (Å²) < 4.78 is 0. The molecule has 3 heteroatoms. The highest BCUT2D eigenvalue weighted by Gasteiger charge is 2.09. The third-order valence-corrected chi connectivity index (χ3v) is 2.55. The summed E-state index contributed by atoms with van der Waals surface area (Å²) in [5.41, 5.74) is 2.57. The Morgan fingerprint density at radius 2 is 2.14 bits per heavy atom. The fourth-order valence-corrected chi connectivity index (χ4v) is 1.83. The average molecular weight is 191 g/mol. The number of aryl methyl sites for hydroxylation is 1. The van der Waals surface area contributed by atoms with Gasteiger partial charge in [-0.2, -0.15) is 0 Å². The third kappa shape index (κ3) is 2.53. The van der Waals surface area contributed by atoms with Gasteiger partial charge in [-0.25, -0.2) is 0 Å². The van der Waals surface area contributed by atoms with Crippen LogP contribution in [0.3, 0.4) is 0 Å². The van der Waals surface area contributed by atoms with E-state index in [0.717, 1.165) is 32.7 Å². The van der Waals surface area contributed by atoms with Gasteiger partial charge in [0.15, 0.2) is 0 Å². The van der Waals surface area contributed by atoms with Gasteiger partial charge < -0.3 is 5.32 Å². The quantitative estimate of drug-likeness (QED) is 0.749. The van der Waals surface area contributed by atoms with E-state index in [1.54, 1.807) is 0 Å². The van der Waals surface area contributed by atoms with Crippen LogP contribution in [0.4, 0.5) is 0 Å². The van der Waals surface area contributed by atoms with Crippen LogP contribution in [0.5, 0.6) is 0 Å². The second-order valence-electron chi connectivity index (χ2n) is 3.90. The highest BCUT2D eigenvalue weighted by molar-refractivity contribution is 5.16. The van der Waals surface area contributed by atoms with Gasteiger partial charge in [-0.05, 0) is 18.1 Å². The molecule has 0 atom stereocenters. The molecule has 1 aromatic heterocycles. The molecule has 1 aliphatic rings. The van der Waals surface area contributed by atoms with Crippen molar-refractivity contribution in [3.8, 4) is 0 Å². The normalized spacial score (nSPS) is 18.4. The summed E-state index contributed by atoms with van der Waals surface area (Å²) in [6, 6.07) is 2.22. The lowest BCUT2D eigenvalue weighted by Crippen LogP contribution is -2.42. The standard InChI is InChI=1S/C11H17N3/c1-10-6-11(8-13-7-10)9-14-4-2-12-3-5-14/h6-8,12H,2-5,9H2,1H3. The van der Waals surface area contributed by atoms with Crippen molar-refractivity contribution in [1.82, 2.24) is 15.2 Å². The lowest BCUT2D eigenvalue weighted by atomic mass is 10.2. The zero-order valence-corrected chi connectivity index (χ0v) is 8.66. The lowest BCUT2D eigenvalue weighted by Gasteiger charge is -2.27. The van der Waals surface area contributed by atoms with Gasteiger partial charge in [0, 0.05) is 45.1 Å². The Balaban J connectivity index is 1.95. The van der Waals surface area contributed by atoms with E-state index in [1.165, 1.54) is 11.1 Å². The molecule has 2 heterocycles. The van der Waals surface area contributed by atoms with Crippen LogP contribution in [0.25, 0.3) is 0 Å². The van der Waals surface area contributed by atoms with Gasteiger partial charge in [-0.15, -0.1) is 0 Å². The molecule has 0 unspecified atom stereocenters. The predicted molar refractivity (Wildman–Crippen MR) is 57.1 cm³/mol. The first-order valence-corrected chi connectivity index (χ1v) is 5.18. The molecule has 3 nitrogen and oxygen atoms in total. The van der Waals surface area contributed by atoms with E-state index in [-0.39, 0.29) is 0 Å². The summed E-state index contributed by atoms with van der Waals surface area (Å²) in [4.78, 5) is 6.67. The summed E-state index contributed by atoms with van der Waals surface area (Å²) in [5.74, 6) is 0. The molecule has 2 rings (SSSR count). The van der Waals surface area contributed by atoms with Crippen molar-refractivity contribution < 1.29 is 0 Å². The van der Waals surface area contributed by atoms with Crippen molar-refractivity contribution in [2.75, 3.05) is 26.2 Å². The SMILES string of the molecule is Cc1cncc(CN2CCNCC2)c1. The first kappa shape index (κ1) is 9.62. The summed E-state index contributed by atoms with van der Waals surface area (Å²) in [7, 11) is 0. The molecular weight excluding hydrogens is 174 g/mol. The van der Waals surface area contributed by atoms with E-state index in [9.17, 15) is 0 Å². The molecule has 0 spiro atoms. The number of piperazine rings is 1. The second kappa shape index (κ2) is 4.53. The predicted octanol–water partition coefficient (Wildman–Crippen LogP) is 0.795. The van der Waals surface area contributed by atoms with E-state index in [4.69, 9.17) is 0 Å². The molecule has 0 aliphatic carbocycles. The molecule has 14 heavy (non-hydrogen) atoms. The maximum atomic E-state index is 4.21. The first-order chi connectivity index (χ1) is 6.84. The van der Waals surface area contributed by atoms with Crippen molar-refractivity contribution in [1.29, 1.82) is 0 Å². The molecular formula is C11H17N3. The third-order valence-electron chi connectivity index (χ3n) is 2.55. The van der Waals surface area contributed by atoms with Crippen LogP contribution < -0.4 is 5.32 Å². The second-order valence-corrected chi connectivity index (χ2v) is 3.90. The molecule has 1 saturated heterocycles. The van der Waals surface area contributed by atoms with Crippen molar-refractivity contribution in [2.24, 2.45) is 0 Å². The summed E-state index contributed by atoms with van der Waals surface area (Å²) in [6.07, 6.45) is 3.87. The van der Waals surface area contributed by atoms with E-state index >= 15 is 0 Å². The molecule has 0 amide bonds. The highest BCUT2D eigenvalue weighted by atomic mass is 15.2. The van der Waals surface area contributed by atoms with Crippen molar-refractivity contribution in [3.63, 3.8) is 0 Å². The number of pyridine rings is 1. The Hall–Kier alpha value is -0.930. The van der Waals surface area contributed by atoms with Gasteiger partial charge in [0.2, 0.25) is 0 Å². The first-order valence-electron chi connectivity index (χ1n) is 5.18. The fraction of sp³-hybridized carbons (Fsp3) is 0.545. The van der Waals surface area contributed by atoms with Crippen LogP contribution >= 0.6 is 0 Å². The van der Waals surface area contributed by atoms with Crippen LogP contribution in [0.2, 0.25) is 0 Å². The zero-order chi connectivity index (χ0) is 9.80. The van der Waals surface area contributed by atoms with E-state index < -0.39 is 0 Å². The number of nitrogens with zero attached hydrogens (tertiary/aromatic N) is 2. The van der Waals surface area contributed by atoms with Crippen molar-refractivity contribution in [3.05, 3.63) is 29.6 Å². The molecule has 1 fully saturated rings. The van der Waals surface area contributed by atoms with Crippen LogP contribution in [0.15, 0.2) is 18.5 Å². The van der Waals surface area contributed by atoms with Gasteiger partial charge in [0.05, 0.1) is 0 Å². The maximum absolute atomic E-state index is 4.21. The minimum atomic E-state index is 1.04. The number of hydrogen-bond donors (Lipinski definition) is 1. The number of aromatic nitrogens is 1. The molecule has 0 bridgehead atoms. The van der Waals surface area contributed by atoms with Gasteiger partial charge in [0.1, 0.15) is 0 Å². The van der Waals surface area contributed by atoms with Gasteiger partial charge >= 0.3 is 0 Å². The number of rotatable bonds is 2. The molecule has 1 aromatic rings. The largest absolute Gasteiger partial charge is 0.314 e. The molecule has 1 N–H and O–H groups in total. The van der Waals surface area contributed by atoms with Crippen molar-refractivity contribution in [2.45, 2.75) is 13.5 Å². The minimum absolute atomic E-state index is 1.04. The van der Waals surface area contributed by atoms with Gasteiger partial charge in [-0.3, -0.25) is 9.88 Å². The van der Waals surface area contributed by atoms with Crippen LogP contribution in [0, 0.1) is 6.92 Å². The van der Waals surface area contributed by atoms with Gasteiger partial charge in [-0.1, -0.05) is 6.07 Å². The smallest absolute Gasteiger partial charge is 0.0313 e. The monoisotopic (exact) mass is 191 g/mol. The Bertz CT molecular complexity index is 292. The van der Waals surface area contributed by atoms with Crippen LogP contribution in [-0.4, -0.2) is 36.1 Å². The number of nitrogens with one attached hydrogen (secondary N) is 1. The topological polar surface area (TPSA) is 28.2 Å². The zero-order valence-electron chi connectivity index (χ0n) is 8.66. The van der Waals surface area contributed by atoms with E-state index in [2.05, 4.69) is 28.2 Å². The highest BCUT2D eigenvalue weighted by Crippen LogP contribution is 2.06. The molecule has 0 aromatic carbocycles. The van der Waals surface area contributed by atoms with Crippen LogP contribution in [-0.2, 0) is 6.54 Å². The summed E-state index contributed by atoms with van der Waals surface area (Å²) >= 11 is 0.